The summed E-state index contributed by atoms with van der Waals surface area (Å²) in [6, 6.07) is 0.898. The molecule has 1 aliphatic rings. The van der Waals surface area contributed by atoms with E-state index in [1.165, 1.54) is 0 Å². The quantitative estimate of drug-likeness (QED) is 0.243. The van der Waals surface area contributed by atoms with E-state index in [4.69, 9.17) is 12.9 Å². The Morgan fingerprint density at radius 1 is 0.741 bits per heavy atom. The van der Waals surface area contributed by atoms with Gasteiger partial charge in [-0.1, -0.05) is 27.2 Å². The number of hydrogen-bond donors (Lipinski definition) is 0. The molecule has 1 fully saturated rings. The van der Waals surface area contributed by atoms with E-state index < -0.39 is 22.8 Å². The molecule has 1 rings (SSSR count). The van der Waals surface area contributed by atoms with E-state index >= 15 is 0 Å². The first kappa shape index (κ1) is 25.6. The molecule has 0 saturated carbocycles. The summed E-state index contributed by atoms with van der Waals surface area (Å²) in [5.74, 6) is 0. The van der Waals surface area contributed by atoms with E-state index in [1.54, 1.807) is 0 Å². The van der Waals surface area contributed by atoms with Gasteiger partial charge in [0.05, 0.1) is 18.5 Å². The van der Waals surface area contributed by atoms with Crippen molar-refractivity contribution in [2.75, 3.05) is 25.0 Å². The maximum absolute atomic E-state index is 13.1. The van der Waals surface area contributed by atoms with Crippen molar-refractivity contribution in [3.8, 4) is 0 Å². The van der Waals surface area contributed by atoms with Crippen molar-refractivity contribution in [3.05, 3.63) is 0 Å². The Morgan fingerprint density at radius 2 is 1.19 bits per heavy atom. The molecule has 1 heterocycles. The van der Waals surface area contributed by atoms with Crippen molar-refractivity contribution in [3.63, 3.8) is 0 Å². The lowest BCUT2D eigenvalue weighted by atomic mass is 10.1. The first-order chi connectivity index (χ1) is 12.5. The van der Waals surface area contributed by atoms with Crippen LogP contribution in [0.3, 0.4) is 0 Å². The summed E-state index contributed by atoms with van der Waals surface area (Å²) in [6.45, 7) is 13.3. The minimum absolute atomic E-state index is 0.102. The molecule has 1 saturated heterocycles. The van der Waals surface area contributed by atoms with Crippen LogP contribution in [-0.4, -0.2) is 42.0 Å². The van der Waals surface area contributed by atoms with Crippen molar-refractivity contribution < 1.29 is 26.6 Å². The van der Waals surface area contributed by atoms with E-state index in [0.717, 1.165) is 19.4 Å². The van der Waals surface area contributed by atoms with Gasteiger partial charge in [-0.2, -0.15) is 0 Å². The van der Waals surface area contributed by atoms with Crippen molar-refractivity contribution in [1.29, 1.82) is 0 Å². The van der Waals surface area contributed by atoms with Gasteiger partial charge in [0.1, 0.15) is 0 Å². The minimum Gasteiger partial charge on any atom is -0.299 e. The van der Waals surface area contributed by atoms with Gasteiger partial charge >= 0.3 is 22.8 Å². The molecule has 0 aromatic carbocycles. The number of rotatable bonds is 12. The zero-order chi connectivity index (χ0) is 20.7. The van der Waals surface area contributed by atoms with Gasteiger partial charge in [-0.05, 0) is 53.0 Å². The lowest BCUT2D eigenvalue weighted by molar-refractivity contribution is 0.163. The fourth-order valence-electron chi connectivity index (χ4n) is 3.50. The molecular formula is C17H38NO6P3. The van der Waals surface area contributed by atoms with E-state index in [0.29, 0.717) is 31.3 Å². The van der Waals surface area contributed by atoms with Gasteiger partial charge in [0.25, 0.3) is 0 Å². The second kappa shape index (κ2) is 11.1. The van der Waals surface area contributed by atoms with Gasteiger partial charge in [-0.25, -0.2) is 12.9 Å². The highest BCUT2D eigenvalue weighted by Gasteiger charge is 2.51. The Hall–Kier alpha value is 0.530. The third-order valence-electron chi connectivity index (χ3n) is 4.64. The Kier molecular flexibility index (Phi) is 10.5. The second-order valence-electron chi connectivity index (χ2n) is 7.52. The third kappa shape index (κ3) is 8.05. The zero-order valence-corrected chi connectivity index (χ0v) is 20.4. The predicted octanol–water partition coefficient (Wildman–Crippen LogP) is 6.74. The van der Waals surface area contributed by atoms with Gasteiger partial charge in [0.15, 0.2) is 0 Å². The van der Waals surface area contributed by atoms with Gasteiger partial charge in [0.2, 0.25) is 0 Å². The molecule has 0 amide bonds. The van der Waals surface area contributed by atoms with E-state index in [2.05, 4.69) is 32.6 Å². The SMILES string of the molecule is CCCP1(=O)OP(=O)(CCC)OP(=O)(CCCCC(C)N(CC)C(C)C)O1. The maximum Gasteiger partial charge on any atom is 0.345 e. The number of hydrogen-bond acceptors (Lipinski definition) is 7. The van der Waals surface area contributed by atoms with Crippen LogP contribution in [0, 0.1) is 0 Å². The fourth-order valence-corrected chi connectivity index (χ4v) is 12.9. The van der Waals surface area contributed by atoms with E-state index in [9.17, 15) is 13.7 Å². The summed E-state index contributed by atoms with van der Waals surface area (Å²) in [4.78, 5) is 2.41. The number of nitrogens with zero attached hydrogens (tertiary/aromatic N) is 1. The summed E-state index contributed by atoms with van der Waals surface area (Å²) < 4.78 is 54.6. The third-order valence-corrected chi connectivity index (χ3v) is 13.5. The van der Waals surface area contributed by atoms with Crippen molar-refractivity contribution in [2.45, 2.75) is 85.7 Å². The largest absolute Gasteiger partial charge is 0.345 e. The minimum atomic E-state index is -3.69. The highest BCUT2D eigenvalue weighted by atomic mass is 31.3. The van der Waals surface area contributed by atoms with Crippen molar-refractivity contribution in [2.24, 2.45) is 0 Å². The number of unbranched alkanes of at least 4 members (excludes halogenated alkanes) is 1. The topological polar surface area (TPSA) is 82.1 Å². The molecule has 7 nitrogen and oxygen atoms in total. The van der Waals surface area contributed by atoms with Crippen LogP contribution in [0.25, 0.3) is 0 Å². The smallest absolute Gasteiger partial charge is 0.299 e. The summed E-state index contributed by atoms with van der Waals surface area (Å²) in [6.07, 6.45) is 3.80. The first-order valence-corrected chi connectivity index (χ1v) is 15.4. The first-order valence-electron chi connectivity index (χ1n) is 10.2. The van der Waals surface area contributed by atoms with Crippen LogP contribution in [0.5, 0.6) is 0 Å². The molecule has 0 aromatic heterocycles. The molecule has 3 atom stereocenters. The molecule has 0 bridgehead atoms. The predicted molar refractivity (Wildman–Crippen MR) is 112 cm³/mol. The lowest BCUT2D eigenvalue weighted by Gasteiger charge is -2.34. The normalized spacial score (nSPS) is 32.9. The molecule has 0 radical (unpaired) electrons. The van der Waals surface area contributed by atoms with Crippen LogP contribution in [0.2, 0.25) is 0 Å². The van der Waals surface area contributed by atoms with Gasteiger partial charge in [0, 0.05) is 12.1 Å². The Labute approximate surface area is 165 Å². The molecule has 3 unspecified atom stereocenters. The summed E-state index contributed by atoms with van der Waals surface area (Å²) in [5.41, 5.74) is 0. The zero-order valence-electron chi connectivity index (χ0n) is 17.8. The molecule has 162 valence electrons. The summed E-state index contributed by atoms with van der Waals surface area (Å²) in [5, 5.41) is 0. The van der Waals surface area contributed by atoms with Crippen LogP contribution >= 0.6 is 22.8 Å². The monoisotopic (exact) mass is 445 g/mol. The van der Waals surface area contributed by atoms with Crippen LogP contribution in [-0.2, 0) is 26.6 Å². The van der Waals surface area contributed by atoms with Gasteiger partial charge in [-0.3, -0.25) is 18.6 Å². The molecule has 1 aliphatic heterocycles. The second-order valence-corrected chi connectivity index (χ2v) is 14.5. The molecular weight excluding hydrogens is 407 g/mol. The summed E-state index contributed by atoms with van der Waals surface area (Å²) in [7, 11) is -11.0. The standard InChI is InChI=1S/C17H38NO6P3/c1-7-13-25(19)22-26(20,14-8-2)24-27(21,23-25)15-11-10-12-17(6)18(9-3)16(4)5/h16-17H,7-15H2,1-6H3. The Balaban J connectivity index is 2.70. The average Bonchev–Trinajstić information content (AvgIpc) is 2.50. The molecule has 0 aliphatic carbocycles. The highest BCUT2D eigenvalue weighted by molar-refractivity contribution is 7.80. The average molecular weight is 445 g/mol. The maximum atomic E-state index is 13.1. The van der Waals surface area contributed by atoms with Crippen molar-refractivity contribution >= 4 is 22.8 Å². The molecule has 10 heteroatoms. The van der Waals surface area contributed by atoms with E-state index in [-0.39, 0.29) is 18.5 Å². The fraction of sp³-hybridized carbons (Fsp3) is 1.00. The summed E-state index contributed by atoms with van der Waals surface area (Å²) >= 11 is 0. The highest BCUT2D eigenvalue weighted by Crippen LogP contribution is 2.82. The van der Waals surface area contributed by atoms with Crippen LogP contribution in [0.15, 0.2) is 0 Å². The van der Waals surface area contributed by atoms with Gasteiger partial charge in [-0.15, -0.1) is 0 Å². The van der Waals surface area contributed by atoms with E-state index in [1.807, 2.05) is 13.8 Å². The molecule has 0 aromatic rings. The van der Waals surface area contributed by atoms with Crippen LogP contribution < -0.4 is 0 Å². The molecule has 27 heavy (non-hydrogen) atoms. The van der Waals surface area contributed by atoms with Crippen LogP contribution in [0.1, 0.15) is 73.6 Å². The Bertz CT molecular complexity index is 565. The van der Waals surface area contributed by atoms with Crippen molar-refractivity contribution in [1.82, 2.24) is 4.90 Å². The molecule has 0 spiro atoms. The lowest BCUT2D eigenvalue weighted by Crippen LogP contribution is -2.38. The molecule has 0 N–H and O–H groups in total. The Morgan fingerprint density at radius 3 is 1.56 bits per heavy atom. The van der Waals surface area contributed by atoms with Gasteiger partial charge < -0.3 is 0 Å². The van der Waals surface area contributed by atoms with Crippen LogP contribution in [0.4, 0.5) is 0 Å².